The minimum absolute atomic E-state index is 0.107. The number of nitrogen functional groups attached to an aromatic ring is 1. The average molecular weight is 314 g/mol. The van der Waals surface area contributed by atoms with Gasteiger partial charge in [-0.1, -0.05) is 6.92 Å². The maximum Gasteiger partial charge on any atom is 0.289 e. The number of hydrogen-bond donors (Lipinski definition) is 2. The van der Waals surface area contributed by atoms with Crippen LogP contribution in [0, 0.1) is 10.1 Å². The van der Waals surface area contributed by atoms with Crippen molar-refractivity contribution in [3.63, 3.8) is 0 Å². The van der Waals surface area contributed by atoms with Crippen LogP contribution in [0.2, 0.25) is 0 Å². The van der Waals surface area contributed by atoms with Crippen LogP contribution in [0.15, 0.2) is 23.1 Å². The second-order valence-electron chi connectivity index (χ2n) is 4.90. The Kier molecular flexibility index (Phi) is 4.45. The number of nitro benzene ring substituents is 1. The molecular weight excluding hydrogens is 296 g/mol. The van der Waals surface area contributed by atoms with Crippen molar-refractivity contribution in [1.29, 1.82) is 0 Å². The van der Waals surface area contributed by atoms with E-state index in [1.54, 1.807) is 0 Å². The summed E-state index contributed by atoms with van der Waals surface area (Å²) in [6, 6.07) is 3.62. The van der Waals surface area contributed by atoms with Crippen LogP contribution in [0.25, 0.3) is 0 Å². The minimum atomic E-state index is -3.91. The number of hydrazine groups is 1. The summed E-state index contributed by atoms with van der Waals surface area (Å²) in [5.74, 6) is 5.27. The second-order valence-corrected chi connectivity index (χ2v) is 6.76. The van der Waals surface area contributed by atoms with Gasteiger partial charge >= 0.3 is 0 Å². The number of nitro groups is 1. The molecule has 0 radical (unpaired) electrons. The number of sulfonamides is 1. The molecule has 1 saturated heterocycles. The molecule has 8 nitrogen and oxygen atoms in total. The first-order chi connectivity index (χ1) is 9.91. The van der Waals surface area contributed by atoms with Gasteiger partial charge in [0.05, 0.1) is 10.6 Å². The summed E-state index contributed by atoms with van der Waals surface area (Å²) < 4.78 is 26.9. The van der Waals surface area contributed by atoms with Crippen molar-refractivity contribution in [2.45, 2.75) is 37.1 Å². The van der Waals surface area contributed by atoms with Crippen LogP contribution in [-0.2, 0) is 10.0 Å². The van der Waals surface area contributed by atoms with E-state index in [0.29, 0.717) is 18.7 Å². The van der Waals surface area contributed by atoms with Crippen molar-refractivity contribution >= 4 is 21.4 Å². The Labute approximate surface area is 123 Å². The lowest BCUT2D eigenvalue weighted by atomic mass is 10.2. The van der Waals surface area contributed by atoms with E-state index in [-0.39, 0.29) is 10.9 Å². The highest BCUT2D eigenvalue weighted by Gasteiger charge is 2.38. The van der Waals surface area contributed by atoms with Crippen LogP contribution in [0.3, 0.4) is 0 Å². The number of nitrogens with two attached hydrogens (primary N) is 1. The molecule has 1 aromatic carbocycles. The summed E-state index contributed by atoms with van der Waals surface area (Å²) in [4.78, 5) is 10.1. The number of nitrogens with zero attached hydrogens (tertiary/aromatic N) is 2. The third-order valence-electron chi connectivity index (χ3n) is 3.70. The van der Waals surface area contributed by atoms with Gasteiger partial charge in [-0.25, -0.2) is 8.42 Å². The first-order valence-electron chi connectivity index (χ1n) is 6.68. The normalized spacial score (nSPS) is 19.6. The highest BCUT2D eigenvalue weighted by molar-refractivity contribution is 7.89. The maximum atomic E-state index is 12.8. The fourth-order valence-electron chi connectivity index (χ4n) is 2.62. The summed E-state index contributed by atoms with van der Waals surface area (Å²) >= 11 is 0. The molecule has 9 heteroatoms. The monoisotopic (exact) mass is 314 g/mol. The molecule has 1 unspecified atom stereocenters. The van der Waals surface area contributed by atoms with Gasteiger partial charge in [0, 0.05) is 18.7 Å². The maximum absolute atomic E-state index is 12.8. The molecule has 3 N–H and O–H groups in total. The predicted molar refractivity (Wildman–Crippen MR) is 78.1 cm³/mol. The first kappa shape index (κ1) is 15.7. The van der Waals surface area contributed by atoms with Gasteiger partial charge in [-0.05, 0) is 31.4 Å². The van der Waals surface area contributed by atoms with Gasteiger partial charge in [0.1, 0.15) is 0 Å². The second kappa shape index (κ2) is 5.96. The molecule has 1 atom stereocenters. The molecule has 0 spiro atoms. The van der Waals surface area contributed by atoms with Crippen LogP contribution in [0.1, 0.15) is 26.2 Å². The van der Waals surface area contributed by atoms with E-state index in [1.165, 1.54) is 16.4 Å². The van der Waals surface area contributed by atoms with Gasteiger partial charge < -0.3 is 5.43 Å². The van der Waals surface area contributed by atoms with Crippen LogP contribution in [-0.4, -0.2) is 30.2 Å². The van der Waals surface area contributed by atoms with E-state index in [2.05, 4.69) is 5.43 Å². The lowest BCUT2D eigenvalue weighted by Gasteiger charge is -2.23. The zero-order valence-corrected chi connectivity index (χ0v) is 12.5. The summed E-state index contributed by atoms with van der Waals surface area (Å²) in [7, 11) is -3.91. The van der Waals surface area contributed by atoms with Crippen molar-refractivity contribution < 1.29 is 13.3 Å². The molecule has 0 bridgehead atoms. The molecule has 1 aliphatic heterocycles. The highest BCUT2D eigenvalue weighted by Crippen LogP contribution is 2.33. The van der Waals surface area contributed by atoms with Crippen molar-refractivity contribution in [1.82, 2.24) is 4.31 Å². The fraction of sp³-hybridized carbons (Fsp3) is 0.500. The van der Waals surface area contributed by atoms with Crippen LogP contribution in [0.4, 0.5) is 11.4 Å². The van der Waals surface area contributed by atoms with E-state index in [9.17, 15) is 18.5 Å². The van der Waals surface area contributed by atoms with Crippen LogP contribution < -0.4 is 11.3 Å². The molecule has 2 rings (SSSR count). The summed E-state index contributed by atoms with van der Waals surface area (Å²) in [5, 5.41) is 11.1. The standard InChI is InChI=1S/C12H18N4O4S/c1-2-10-4-3-7-15(10)21(19,20)12-8-9(14-13)5-6-11(12)16(17)18/h5-6,8,10,14H,2-4,7,13H2,1H3. The van der Waals surface area contributed by atoms with Crippen LogP contribution >= 0.6 is 0 Å². The van der Waals surface area contributed by atoms with Gasteiger partial charge in [0.15, 0.2) is 4.90 Å². The van der Waals surface area contributed by atoms with Crippen molar-refractivity contribution in [3.05, 3.63) is 28.3 Å². The Hall–Kier alpha value is -1.71. The Balaban J connectivity index is 2.55. The molecule has 116 valence electrons. The lowest BCUT2D eigenvalue weighted by Crippen LogP contribution is -2.35. The molecule has 0 saturated carbocycles. The van der Waals surface area contributed by atoms with E-state index >= 15 is 0 Å². The van der Waals surface area contributed by atoms with Crippen LogP contribution in [0.5, 0.6) is 0 Å². The third kappa shape index (κ3) is 2.85. The molecule has 0 aromatic heterocycles. The molecule has 1 aromatic rings. The Bertz CT molecular complexity index is 647. The van der Waals surface area contributed by atoms with Gasteiger partial charge in [-0.15, -0.1) is 0 Å². The molecule has 1 aliphatic rings. The molecular formula is C12H18N4O4S. The topological polar surface area (TPSA) is 119 Å². The number of benzene rings is 1. The van der Waals surface area contributed by atoms with Crippen molar-refractivity contribution in [2.24, 2.45) is 5.84 Å². The number of rotatable bonds is 5. The Morgan fingerprint density at radius 1 is 1.52 bits per heavy atom. The highest BCUT2D eigenvalue weighted by atomic mass is 32.2. The fourth-order valence-corrected chi connectivity index (χ4v) is 4.57. The molecule has 0 amide bonds. The minimum Gasteiger partial charge on any atom is -0.324 e. The molecule has 0 aliphatic carbocycles. The molecule has 1 heterocycles. The van der Waals surface area contributed by atoms with Gasteiger partial charge in [0.2, 0.25) is 10.0 Å². The largest absolute Gasteiger partial charge is 0.324 e. The van der Waals surface area contributed by atoms with Gasteiger partial charge in [-0.3, -0.25) is 16.0 Å². The van der Waals surface area contributed by atoms with E-state index in [1.807, 2.05) is 6.92 Å². The molecule has 1 fully saturated rings. The first-order valence-corrected chi connectivity index (χ1v) is 8.12. The van der Waals surface area contributed by atoms with Crippen molar-refractivity contribution in [3.8, 4) is 0 Å². The van der Waals surface area contributed by atoms with E-state index in [0.717, 1.165) is 18.9 Å². The quantitative estimate of drug-likeness (QED) is 0.482. The number of anilines is 1. The number of nitrogens with one attached hydrogen (secondary N) is 1. The summed E-state index contributed by atoms with van der Waals surface area (Å²) in [6.07, 6.45) is 2.22. The average Bonchev–Trinajstić information content (AvgIpc) is 2.95. The SMILES string of the molecule is CCC1CCCN1S(=O)(=O)c1cc(NN)ccc1[N+](=O)[O-]. The zero-order chi connectivity index (χ0) is 15.6. The Morgan fingerprint density at radius 2 is 2.24 bits per heavy atom. The van der Waals surface area contributed by atoms with Crippen molar-refractivity contribution in [2.75, 3.05) is 12.0 Å². The number of hydrogen-bond acceptors (Lipinski definition) is 6. The lowest BCUT2D eigenvalue weighted by molar-refractivity contribution is -0.387. The zero-order valence-electron chi connectivity index (χ0n) is 11.7. The van der Waals surface area contributed by atoms with Gasteiger partial charge in [-0.2, -0.15) is 4.31 Å². The van der Waals surface area contributed by atoms with E-state index < -0.39 is 20.6 Å². The Morgan fingerprint density at radius 3 is 2.81 bits per heavy atom. The summed E-state index contributed by atoms with van der Waals surface area (Å²) in [5.41, 5.74) is 2.19. The smallest absolute Gasteiger partial charge is 0.289 e. The predicted octanol–water partition coefficient (Wildman–Crippen LogP) is 1.44. The summed E-state index contributed by atoms with van der Waals surface area (Å²) in [6.45, 7) is 2.29. The third-order valence-corrected chi connectivity index (χ3v) is 5.69. The van der Waals surface area contributed by atoms with Gasteiger partial charge in [0.25, 0.3) is 5.69 Å². The molecule has 21 heavy (non-hydrogen) atoms. The van der Waals surface area contributed by atoms with E-state index in [4.69, 9.17) is 5.84 Å².